The lowest BCUT2D eigenvalue weighted by Gasteiger charge is -2.22. The van der Waals surface area contributed by atoms with Crippen LogP contribution in [0.15, 0.2) is 23.2 Å². The second-order valence-electron chi connectivity index (χ2n) is 6.46. The molecule has 26 heavy (non-hydrogen) atoms. The molecule has 1 aromatic rings. The van der Waals surface area contributed by atoms with Crippen molar-refractivity contribution in [2.24, 2.45) is 10.9 Å². The van der Waals surface area contributed by atoms with Crippen LogP contribution in [-0.4, -0.2) is 65.0 Å². The fraction of sp³-hybridized carbons (Fsp3) is 0.632. The van der Waals surface area contributed by atoms with Crippen LogP contribution in [0, 0.1) is 11.7 Å². The second-order valence-corrected chi connectivity index (χ2v) is 6.46. The largest absolute Gasteiger partial charge is 0.494 e. The maximum Gasteiger partial charge on any atom is 0.193 e. The van der Waals surface area contributed by atoms with Gasteiger partial charge in [0, 0.05) is 46.3 Å². The topological polar surface area (TPSA) is 55.3 Å². The number of benzene rings is 1. The number of nitrogens with one attached hydrogen (secondary N) is 1. The van der Waals surface area contributed by atoms with E-state index in [0.717, 1.165) is 50.7 Å². The van der Waals surface area contributed by atoms with Crippen molar-refractivity contribution in [3.8, 4) is 5.75 Å². The Balaban J connectivity index is 1.67. The summed E-state index contributed by atoms with van der Waals surface area (Å²) in [5, 5.41) is 3.31. The molecule has 0 aromatic heterocycles. The second kappa shape index (κ2) is 11.0. The van der Waals surface area contributed by atoms with E-state index in [0.29, 0.717) is 19.1 Å². The predicted octanol–water partition coefficient (Wildman–Crippen LogP) is 2.28. The molecule has 0 amide bonds. The summed E-state index contributed by atoms with van der Waals surface area (Å²) in [5.41, 5.74) is 0.857. The maximum atomic E-state index is 13.8. The minimum atomic E-state index is -0.355. The standard InChI is InChI=1S/C19H30FN3O3/c1-21-19(22-8-4-9-25-13-16-7-10-26-14-16)23(2)12-15-5-6-18(24-3)17(20)11-15/h5-6,11,16H,4,7-10,12-14H2,1-3H3,(H,21,22). The van der Waals surface area contributed by atoms with E-state index in [1.807, 2.05) is 18.0 Å². The van der Waals surface area contributed by atoms with E-state index in [9.17, 15) is 4.39 Å². The molecular formula is C19H30FN3O3. The first-order valence-corrected chi connectivity index (χ1v) is 9.03. The molecule has 0 saturated carbocycles. The van der Waals surface area contributed by atoms with Crippen LogP contribution in [0.5, 0.6) is 5.75 Å². The first-order chi connectivity index (χ1) is 12.6. The van der Waals surface area contributed by atoms with Crippen molar-refractivity contribution in [1.82, 2.24) is 10.2 Å². The van der Waals surface area contributed by atoms with Crippen molar-refractivity contribution in [1.29, 1.82) is 0 Å². The molecule has 1 aromatic carbocycles. The molecule has 1 N–H and O–H groups in total. The van der Waals surface area contributed by atoms with Gasteiger partial charge >= 0.3 is 0 Å². The summed E-state index contributed by atoms with van der Waals surface area (Å²) >= 11 is 0. The van der Waals surface area contributed by atoms with E-state index in [1.54, 1.807) is 13.1 Å². The fourth-order valence-corrected chi connectivity index (χ4v) is 2.88. The zero-order chi connectivity index (χ0) is 18.8. The lowest BCUT2D eigenvalue weighted by atomic mass is 10.1. The van der Waals surface area contributed by atoms with Crippen molar-refractivity contribution in [2.75, 3.05) is 54.2 Å². The van der Waals surface area contributed by atoms with E-state index >= 15 is 0 Å². The minimum absolute atomic E-state index is 0.253. The maximum absolute atomic E-state index is 13.8. The van der Waals surface area contributed by atoms with Gasteiger partial charge in [0.15, 0.2) is 17.5 Å². The number of guanidine groups is 1. The Bertz CT molecular complexity index is 577. The molecule has 0 aliphatic carbocycles. The summed E-state index contributed by atoms with van der Waals surface area (Å²) < 4.78 is 29.8. The minimum Gasteiger partial charge on any atom is -0.494 e. The van der Waals surface area contributed by atoms with Crippen LogP contribution >= 0.6 is 0 Å². The molecule has 0 radical (unpaired) electrons. The SMILES string of the molecule is CN=C(NCCCOCC1CCOC1)N(C)Cc1ccc(OC)c(F)c1. The molecule has 7 heteroatoms. The Hall–Kier alpha value is -1.86. The molecule has 6 nitrogen and oxygen atoms in total. The van der Waals surface area contributed by atoms with Crippen LogP contribution in [0.3, 0.4) is 0 Å². The van der Waals surface area contributed by atoms with Crippen molar-refractivity contribution in [3.05, 3.63) is 29.6 Å². The Labute approximate surface area is 155 Å². The van der Waals surface area contributed by atoms with Gasteiger partial charge in [-0.25, -0.2) is 4.39 Å². The quantitative estimate of drug-likeness (QED) is 0.412. The van der Waals surface area contributed by atoms with E-state index in [4.69, 9.17) is 14.2 Å². The van der Waals surface area contributed by atoms with Crippen molar-refractivity contribution >= 4 is 5.96 Å². The molecule has 1 atom stereocenters. The predicted molar refractivity (Wildman–Crippen MR) is 100 cm³/mol. The van der Waals surface area contributed by atoms with Crippen LogP contribution in [0.1, 0.15) is 18.4 Å². The summed E-state index contributed by atoms with van der Waals surface area (Å²) in [6.45, 7) is 4.50. The van der Waals surface area contributed by atoms with E-state index in [-0.39, 0.29) is 11.6 Å². The van der Waals surface area contributed by atoms with E-state index < -0.39 is 0 Å². The number of halogens is 1. The normalized spacial score (nSPS) is 17.4. The first-order valence-electron chi connectivity index (χ1n) is 9.03. The molecule has 1 aliphatic rings. The molecule has 0 spiro atoms. The monoisotopic (exact) mass is 367 g/mol. The molecule has 0 bridgehead atoms. The van der Waals surface area contributed by atoms with Gasteiger partial charge in [0.1, 0.15) is 0 Å². The lowest BCUT2D eigenvalue weighted by molar-refractivity contribution is 0.0887. The summed E-state index contributed by atoms with van der Waals surface area (Å²) in [6.07, 6.45) is 2.00. The highest BCUT2D eigenvalue weighted by molar-refractivity contribution is 5.79. The Kier molecular flexibility index (Phi) is 8.64. The van der Waals surface area contributed by atoms with Gasteiger partial charge in [-0.3, -0.25) is 4.99 Å². The van der Waals surface area contributed by atoms with Crippen LogP contribution in [0.2, 0.25) is 0 Å². The molecule has 2 rings (SSSR count). The van der Waals surface area contributed by atoms with Crippen LogP contribution in [0.25, 0.3) is 0 Å². The Morgan fingerprint density at radius 3 is 2.96 bits per heavy atom. The van der Waals surface area contributed by atoms with Crippen LogP contribution in [-0.2, 0) is 16.0 Å². The highest BCUT2D eigenvalue weighted by atomic mass is 19.1. The van der Waals surface area contributed by atoms with Gasteiger partial charge in [0.2, 0.25) is 0 Å². The van der Waals surface area contributed by atoms with Gasteiger partial charge in [0.05, 0.1) is 20.3 Å². The molecule has 1 heterocycles. The molecule has 1 unspecified atom stereocenters. The summed E-state index contributed by atoms with van der Waals surface area (Å²) in [7, 11) is 5.12. The molecule has 1 saturated heterocycles. The highest BCUT2D eigenvalue weighted by Gasteiger charge is 2.15. The molecule has 146 valence electrons. The number of aliphatic imine (C=N–C) groups is 1. The zero-order valence-corrected chi connectivity index (χ0v) is 16.0. The number of hydrogen-bond donors (Lipinski definition) is 1. The smallest absolute Gasteiger partial charge is 0.193 e. The highest BCUT2D eigenvalue weighted by Crippen LogP contribution is 2.18. The third kappa shape index (κ3) is 6.46. The lowest BCUT2D eigenvalue weighted by Crippen LogP contribution is -2.39. The van der Waals surface area contributed by atoms with E-state index in [2.05, 4.69) is 10.3 Å². The van der Waals surface area contributed by atoms with Crippen molar-refractivity contribution in [2.45, 2.75) is 19.4 Å². The average Bonchev–Trinajstić information content (AvgIpc) is 3.14. The van der Waals surface area contributed by atoms with Crippen LogP contribution in [0.4, 0.5) is 4.39 Å². The third-order valence-electron chi connectivity index (χ3n) is 4.34. The van der Waals surface area contributed by atoms with Gasteiger partial charge in [-0.05, 0) is 30.5 Å². The van der Waals surface area contributed by atoms with Gasteiger partial charge in [-0.15, -0.1) is 0 Å². The number of nitrogens with zero attached hydrogens (tertiary/aromatic N) is 2. The summed E-state index contributed by atoms with van der Waals surface area (Å²) in [6, 6.07) is 4.98. The Morgan fingerprint density at radius 2 is 2.31 bits per heavy atom. The summed E-state index contributed by atoms with van der Waals surface area (Å²) in [5.74, 6) is 1.21. The number of rotatable bonds is 9. The molecule has 1 fully saturated rings. The van der Waals surface area contributed by atoms with Gasteiger partial charge in [0.25, 0.3) is 0 Å². The Morgan fingerprint density at radius 1 is 1.46 bits per heavy atom. The summed E-state index contributed by atoms with van der Waals surface area (Å²) in [4.78, 5) is 6.23. The number of methoxy groups -OCH3 is 1. The molecule has 1 aliphatic heterocycles. The number of hydrogen-bond acceptors (Lipinski definition) is 4. The van der Waals surface area contributed by atoms with Gasteiger partial charge < -0.3 is 24.4 Å². The van der Waals surface area contributed by atoms with Gasteiger partial charge in [-0.2, -0.15) is 0 Å². The number of ether oxygens (including phenoxy) is 3. The zero-order valence-electron chi connectivity index (χ0n) is 16.0. The van der Waals surface area contributed by atoms with Gasteiger partial charge in [-0.1, -0.05) is 6.07 Å². The first kappa shape index (κ1) is 20.5. The van der Waals surface area contributed by atoms with Crippen LogP contribution < -0.4 is 10.1 Å². The molecular weight excluding hydrogens is 337 g/mol. The fourth-order valence-electron chi connectivity index (χ4n) is 2.88. The third-order valence-corrected chi connectivity index (χ3v) is 4.34. The van der Waals surface area contributed by atoms with Crippen molar-refractivity contribution < 1.29 is 18.6 Å². The van der Waals surface area contributed by atoms with Crippen molar-refractivity contribution in [3.63, 3.8) is 0 Å². The average molecular weight is 367 g/mol. The van der Waals surface area contributed by atoms with E-state index in [1.165, 1.54) is 13.2 Å².